The molecule has 0 radical (unpaired) electrons. The minimum Gasteiger partial charge on any atom is -0.507 e. The van der Waals surface area contributed by atoms with E-state index in [-0.39, 0.29) is 23.3 Å². The average molecular weight is 420 g/mol. The second-order valence-corrected chi connectivity index (χ2v) is 9.15. The first kappa shape index (κ1) is 21.4. The van der Waals surface area contributed by atoms with Crippen LogP contribution in [0.15, 0.2) is 54.3 Å². The van der Waals surface area contributed by atoms with Gasteiger partial charge in [-0.15, -0.1) is 0 Å². The van der Waals surface area contributed by atoms with E-state index in [4.69, 9.17) is 0 Å². The topological polar surface area (TPSA) is 59.8 Å². The number of aromatic hydroxyl groups is 2. The summed E-state index contributed by atoms with van der Waals surface area (Å²) < 4.78 is 0. The van der Waals surface area contributed by atoms with E-state index in [0.29, 0.717) is 5.56 Å². The maximum Gasteiger partial charge on any atom is 0.129 e. The number of benzene rings is 1. The summed E-state index contributed by atoms with van der Waals surface area (Å²) in [7, 11) is 2.13. The van der Waals surface area contributed by atoms with Crippen LogP contribution in [0.5, 0.6) is 11.5 Å². The van der Waals surface area contributed by atoms with Crippen molar-refractivity contribution in [2.75, 3.05) is 38.1 Å². The number of piperazine rings is 1. The Labute approximate surface area is 185 Å². The van der Waals surface area contributed by atoms with E-state index in [2.05, 4.69) is 41.4 Å². The van der Waals surface area contributed by atoms with Crippen LogP contribution in [0.2, 0.25) is 0 Å². The molecule has 0 amide bonds. The number of phenolic OH excluding ortho intramolecular Hbond substituents is 2. The second-order valence-electron chi connectivity index (χ2n) is 9.15. The Morgan fingerprint density at radius 3 is 2.39 bits per heavy atom. The number of anilines is 1. The number of allylic oxidation sites excluding steroid dienone is 3. The SMILES string of the molecule is C=C(C)[C@@H]1CCC(C)=C[C@H]1c1c(O)cc(-c2ccnc(N3CCN(C)CC3)c2)cc1O. The van der Waals surface area contributed by atoms with Gasteiger partial charge in [0, 0.05) is 43.9 Å². The van der Waals surface area contributed by atoms with Crippen molar-refractivity contribution in [1.82, 2.24) is 9.88 Å². The highest BCUT2D eigenvalue weighted by Crippen LogP contribution is 2.47. The fraction of sp³-hybridized carbons (Fsp3) is 0.423. The van der Waals surface area contributed by atoms with Gasteiger partial charge in [-0.3, -0.25) is 0 Å². The Hall–Kier alpha value is -2.79. The van der Waals surface area contributed by atoms with Gasteiger partial charge >= 0.3 is 0 Å². The minimum absolute atomic E-state index is 0.0568. The molecule has 0 unspecified atom stereocenters. The summed E-state index contributed by atoms with van der Waals surface area (Å²) in [5.41, 5.74) is 4.70. The lowest BCUT2D eigenvalue weighted by atomic mass is 9.73. The first-order valence-electron chi connectivity index (χ1n) is 11.1. The molecule has 1 aliphatic carbocycles. The molecule has 0 saturated carbocycles. The Balaban J connectivity index is 1.67. The van der Waals surface area contributed by atoms with Crippen molar-refractivity contribution < 1.29 is 10.2 Å². The van der Waals surface area contributed by atoms with Crippen LogP contribution in [0.1, 0.15) is 38.2 Å². The molecule has 2 atom stereocenters. The highest BCUT2D eigenvalue weighted by Gasteiger charge is 2.30. The largest absolute Gasteiger partial charge is 0.507 e. The van der Waals surface area contributed by atoms with Crippen LogP contribution in [0.4, 0.5) is 5.82 Å². The van der Waals surface area contributed by atoms with Gasteiger partial charge in [0.1, 0.15) is 17.3 Å². The maximum atomic E-state index is 11.0. The zero-order valence-corrected chi connectivity index (χ0v) is 18.8. The zero-order chi connectivity index (χ0) is 22.1. The van der Waals surface area contributed by atoms with Crippen LogP contribution in [0, 0.1) is 5.92 Å². The first-order chi connectivity index (χ1) is 14.8. The molecule has 1 fully saturated rings. The summed E-state index contributed by atoms with van der Waals surface area (Å²) in [5, 5.41) is 21.9. The second kappa shape index (κ2) is 8.75. The maximum absolute atomic E-state index is 11.0. The average Bonchev–Trinajstić information content (AvgIpc) is 2.74. The molecule has 0 spiro atoms. The van der Waals surface area contributed by atoms with Gasteiger partial charge in [-0.1, -0.05) is 23.8 Å². The Morgan fingerprint density at radius 2 is 1.74 bits per heavy atom. The Morgan fingerprint density at radius 1 is 1.06 bits per heavy atom. The van der Waals surface area contributed by atoms with Crippen molar-refractivity contribution in [3.8, 4) is 22.6 Å². The summed E-state index contributed by atoms with van der Waals surface area (Å²) in [4.78, 5) is 9.15. The number of phenols is 2. The van der Waals surface area contributed by atoms with E-state index in [1.165, 1.54) is 5.57 Å². The molecule has 164 valence electrons. The van der Waals surface area contributed by atoms with Crippen LogP contribution in [-0.4, -0.2) is 53.3 Å². The zero-order valence-electron chi connectivity index (χ0n) is 18.8. The molecule has 4 rings (SSSR count). The van der Waals surface area contributed by atoms with E-state index in [1.54, 1.807) is 18.3 Å². The smallest absolute Gasteiger partial charge is 0.129 e. The molecule has 1 aliphatic heterocycles. The fourth-order valence-electron chi connectivity index (χ4n) is 4.84. The van der Waals surface area contributed by atoms with Crippen molar-refractivity contribution in [3.05, 3.63) is 59.8 Å². The van der Waals surface area contributed by atoms with Crippen molar-refractivity contribution in [3.63, 3.8) is 0 Å². The molecule has 5 nitrogen and oxygen atoms in total. The molecular weight excluding hydrogens is 386 g/mol. The van der Waals surface area contributed by atoms with Gasteiger partial charge in [-0.2, -0.15) is 0 Å². The van der Waals surface area contributed by atoms with Crippen LogP contribution in [-0.2, 0) is 0 Å². The van der Waals surface area contributed by atoms with Crippen molar-refractivity contribution in [1.29, 1.82) is 0 Å². The monoisotopic (exact) mass is 419 g/mol. The third kappa shape index (κ3) is 4.47. The summed E-state index contributed by atoms with van der Waals surface area (Å²) >= 11 is 0. The molecule has 31 heavy (non-hydrogen) atoms. The van der Waals surface area contributed by atoms with Gasteiger partial charge in [0.25, 0.3) is 0 Å². The molecule has 1 saturated heterocycles. The Kier molecular flexibility index (Phi) is 6.05. The molecule has 2 heterocycles. The molecule has 0 bridgehead atoms. The Bertz CT molecular complexity index is 982. The predicted octanol–water partition coefficient (Wildman–Crippen LogP) is 4.93. The lowest BCUT2D eigenvalue weighted by Gasteiger charge is -2.33. The van der Waals surface area contributed by atoms with E-state index >= 15 is 0 Å². The van der Waals surface area contributed by atoms with Crippen LogP contribution in [0.25, 0.3) is 11.1 Å². The molecule has 2 N–H and O–H groups in total. The molecule has 2 aliphatic rings. The van der Waals surface area contributed by atoms with Gasteiger partial charge in [-0.05, 0) is 75.0 Å². The van der Waals surface area contributed by atoms with Crippen LogP contribution in [0.3, 0.4) is 0 Å². The van der Waals surface area contributed by atoms with Gasteiger partial charge in [-0.25, -0.2) is 4.98 Å². The lowest BCUT2D eigenvalue weighted by molar-refractivity contribution is 0.312. The van der Waals surface area contributed by atoms with Gasteiger partial charge in [0.2, 0.25) is 0 Å². The van der Waals surface area contributed by atoms with E-state index in [1.807, 2.05) is 19.1 Å². The molecule has 1 aromatic carbocycles. The van der Waals surface area contributed by atoms with Gasteiger partial charge < -0.3 is 20.0 Å². The quantitative estimate of drug-likeness (QED) is 0.689. The number of aromatic nitrogens is 1. The molecule has 1 aromatic heterocycles. The third-order valence-electron chi connectivity index (χ3n) is 6.76. The number of likely N-dealkylation sites (N-methyl/N-ethyl adjacent to an activating group) is 1. The van der Waals surface area contributed by atoms with Crippen molar-refractivity contribution >= 4 is 5.82 Å². The van der Waals surface area contributed by atoms with Crippen LogP contribution < -0.4 is 4.90 Å². The molecule has 2 aromatic rings. The number of hydrogen-bond acceptors (Lipinski definition) is 5. The number of hydrogen-bond donors (Lipinski definition) is 2. The minimum atomic E-state index is -0.0568. The van der Waals surface area contributed by atoms with Crippen LogP contribution >= 0.6 is 0 Å². The van der Waals surface area contributed by atoms with Gasteiger partial charge in [0.15, 0.2) is 0 Å². The molecular formula is C26H33N3O2. The van der Waals surface area contributed by atoms with Crippen molar-refractivity contribution in [2.24, 2.45) is 5.92 Å². The van der Waals surface area contributed by atoms with Gasteiger partial charge in [0.05, 0.1) is 0 Å². The normalized spacial score (nSPS) is 22.3. The number of nitrogens with zero attached hydrogens (tertiary/aromatic N) is 3. The lowest BCUT2D eigenvalue weighted by Crippen LogP contribution is -2.44. The standard InChI is InChI=1S/C26H33N3O2/c1-17(2)21-6-5-18(3)13-22(21)26-23(30)14-20(15-24(26)31)19-7-8-27-25(16-19)29-11-9-28(4)10-12-29/h7-8,13-16,21-22,30-31H,1,5-6,9-12H2,2-4H3/t21-,22+/m0/s1. The summed E-state index contributed by atoms with van der Waals surface area (Å²) in [6, 6.07) is 7.51. The van der Waals surface area contributed by atoms with E-state index in [0.717, 1.165) is 61.5 Å². The van der Waals surface area contributed by atoms with Crippen molar-refractivity contribution in [2.45, 2.75) is 32.6 Å². The highest BCUT2D eigenvalue weighted by molar-refractivity contribution is 5.71. The summed E-state index contributed by atoms with van der Waals surface area (Å²) in [5.74, 6) is 1.36. The predicted molar refractivity (Wildman–Crippen MR) is 127 cm³/mol. The van der Waals surface area contributed by atoms with E-state index in [9.17, 15) is 10.2 Å². The first-order valence-corrected chi connectivity index (χ1v) is 11.1. The molecule has 5 heteroatoms. The summed E-state index contributed by atoms with van der Waals surface area (Å²) in [6.07, 6.45) is 5.99. The number of rotatable bonds is 4. The summed E-state index contributed by atoms with van der Waals surface area (Å²) in [6.45, 7) is 12.2. The number of pyridine rings is 1. The third-order valence-corrected chi connectivity index (χ3v) is 6.76. The van der Waals surface area contributed by atoms with E-state index < -0.39 is 0 Å². The fourth-order valence-corrected chi connectivity index (χ4v) is 4.84. The highest BCUT2D eigenvalue weighted by atomic mass is 16.3.